The molecule has 0 N–H and O–H groups in total. The lowest BCUT2D eigenvalue weighted by Gasteiger charge is -2.35. The Bertz CT molecular complexity index is 398. The molecule has 95 valence electrons. The van der Waals surface area contributed by atoms with Gasteiger partial charge in [0, 0.05) is 31.9 Å². The van der Waals surface area contributed by atoms with Gasteiger partial charge in [-0.1, -0.05) is 24.8 Å². The fraction of sp³-hybridized carbons (Fsp3) is 0.357. The lowest BCUT2D eigenvalue weighted by atomic mass is 10.2. The maximum absolute atomic E-state index is 11.6. The molecule has 4 heteroatoms. The Morgan fingerprint density at radius 2 is 2.00 bits per heavy atom. The van der Waals surface area contributed by atoms with Crippen LogP contribution in [-0.4, -0.2) is 43.8 Å². The number of hydrogen-bond donors (Lipinski definition) is 0. The number of piperazine rings is 1. The van der Waals surface area contributed by atoms with Crippen molar-refractivity contribution in [3.8, 4) is 0 Å². The third-order valence-corrected chi connectivity index (χ3v) is 2.93. The summed E-state index contributed by atoms with van der Waals surface area (Å²) in [5.74, 6) is 0. The van der Waals surface area contributed by atoms with Crippen LogP contribution < -0.4 is 4.90 Å². The van der Waals surface area contributed by atoms with Crippen molar-refractivity contribution in [2.75, 3.05) is 37.7 Å². The molecule has 0 bridgehead atoms. The van der Waals surface area contributed by atoms with E-state index in [4.69, 9.17) is 4.74 Å². The number of nitrogens with zero attached hydrogens (tertiary/aromatic N) is 2. The van der Waals surface area contributed by atoms with Crippen molar-refractivity contribution in [1.29, 1.82) is 0 Å². The summed E-state index contributed by atoms with van der Waals surface area (Å²) < 4.78 is 5.02. The van der Waals surface area contributed by atoms with Crippen LogP contribution in [0.3, 0.4) is 0 Å². The number of benzene rings is 1. The summed E-state index contributed by atoms with van der Waals surface area (Å²) in [5, 5.41) is 0. The molecular weight excluding hydrogens is 228 g/mol. The summed E-state index contributed by atoms with van der Waals surface area (Å²) in [6.07, 6.45) is 1.32. The first-order valence-electron chi connectivity index (χ1n) is 6.05. The molecule has 0 saturated carbocycles. The molecule has 1 heterocycles. The lowest BCUT2D eigenvalue weighted by molar-refractivity contribution is 0.110. The van der Waals surface area contributed by atoms with Crippen LogP contribution in [0.4, 0.5) is 10.5 Å². The van der Waals surface area contributed by atoms with Gasteiger partial charge in [-0.2, -0.15) is 0 Å². The second-order valence-corrected chi connectivity index (χ2v) is 4.10. The molecule has 1 saturated heterocycles. The second kappa shape index (κ2) is 6.10. The SMILES string of the molecule is C=CCOC(=O)N1CCN(c2cc[c]cc2)CC1. The Kier molecular flexibility index (Phi) is 4.23. The highest BCUT2D eigenvalue weighted by Gasteiger charge is 2.21. The van der Waals surface area contributed by atoms with Gasteiger partial charge in [-0.05, 0) is 18.2 Å². The van der Waals surface area contributed by atoms with E-state index in [0.717, 1.165) is 13.1 Å². The molecule has 1 aliphatic heterocycles. The normalized spacial score (nSPS) is 15.3. The molecule has 1 aromatic rings. The van der Waals surface area contributed by atoms with E-state index in [2.05, 4.69) is 17.5 Å². The van der Waals surface area contributed by atoms with E-state index in [9.17, 15) is 4.79 Å². The van der Waals surface area contributed by atoms with Gasteiger partial charge in [0.05, 0.1) is 0 Å². The number of hydrogen-bond acceptors (Lipinski definition) is 3. The minimum Gasteiger partial charge on any atom is -0.445 e. The first kappa shape index (κ1) is 12.5. The van der Waals surface area contributed by atoms with Crippen molar-refractivity contribution in [3.63, 3.8) is 0 Å². The first-order valence-corrected chi connectivity index (χ1v) is 6.05. The predicted molar refractivity (Wildman–Crippen MR) is 70.6 cm³/mol. The summed E-state index contributed by atoms with van der Waals surface area (Å²) in [6, 6.07) is 10.9. The summed E-state index contributed by atoms with van der Waals surface area (Å²) in [5.41, 5.74) is 1.17. The molecule has 0 unspecified atom stereocenters. The molecule has 4 nitrogen and oxygen atoms in total. The lowest BCUT2D eigenvalue weighted by Crippen LogP contribution is -2.49. The van der Waals surface area contributed by atoms with E-state index in [0.29, 0.717) is 13.1 Å². The minimum absolute atomic E-state index is 0.254. The molecule has 2 rings (SSSR count). The van der Waals surface area contributed by atoms with Gasteiger partial charge >= 0.3 is 6.09 Å². The highest BCUT2D eigenvalue weighted by molar-refractivity contribution is 5.68. The number of rotatable bonds is 3. The smallest absolute Gasteiger partial charge is 0.410 e. The monoisotopic (exact) mass is 245 g/mol. The van der Waals surface area contributed by atoms with Crippen molar-refractivity contribution < 1.29 is 9.53 Å². The zero-order valence-corrected chi connectivity index (χ0v) is 10.3. The quantitative estimate of drug-likeness (QED) is 0.763. The van der Waals surface area contributed by atoms with E-state index in [-0.39, 0.29) is 12.7 Å². The van der Waals surface area contributed by atoms with Crippen LogP contribution in [0.15, 0.2) is 36.9 Å². The Labute approximate surface area is 107 Å². The van der Waals surface area contributed by atoms with Gasteiger partial charge in [0.1, 0.15) is 6.61 Å². The largest absolute Gasteiger partial charge is 0.445 e. The van der Waals surface area contributed by atoms with Gasteiger partial charge in [-0.3, -0.25) is 0 Å². The Morgan fingerprint density at radius 3 is 2.61 bits per heavy atom. The van der Waals surface area contributed by atoms with Crippen LogP contribution in [0.1, 0.15) is 0 Å². The Hall–Kier alpha value is -1.97. The molecule has 1 amide bonds. The van der Waals surface area contributed by atoms with Crippen LogP contribution in [-0.2, 0) is 4.74 Å². The van der Waals surface area contributed by atoms with Crippen molar-refractivity contribution in [3.05, 3.63) is 43.0 Å². The molecule has 18 heavy (non-hydrogen) atoms. The number of anilines is 1. The Balaban J connectivity index is 1.84. The van der Waals surface area contributed by atoms with Crippen LogP contribution >= 0.6 is 0 Å². The highest BCUT2D eigenvalue weighted by atomic mass is 16.6. The van der Waals surface area contributed by atoms with Gasteiger partial charge in [0.2, 0.25) is 0 Å². The highest BCUT2D eigenvalue weighted by Crippen LogP contribution is 2.15. The van der Waals surface area contributed by atoms with E-state index < -0.39 is 0 Å². The van der Waals surface area contributed by atoms with Crippen molar-refractivity contribution in [2.24, 2.45) is 0 Å². The Morgan fingerprint density at radius 1 is 1.33 bits per heavy atom. The van der Waals surface area contributed by atoms with Crippen LogP contribution in [0.5, 0.6) is 0 Å². The molecule has 1 fully saturated rings. The number of carbonyl (C=O) groups excluding carboxylic acids is 1. The maximum Gasteiger partial charge on any atom is 0.410 e. The number of carbonyl (C=O) groups is 1. The fourth-order valence-electron chi connectivity index (χ4n) is 1.96. The van der Waals surface area contributed by atoms with Crippen LogP contribution in [0.25, 0.3) is 0 Å². The zero-order valence-electron chi connectivity index (χ0n) is 10.3. The van der Waals surface area contributed by atoms with Gasteiger partial charge < -0.3 is 14.5 Å². The van der Waals surface area contributed by atoms with E-state index in [1.807, 2.05) is 24.3 Å². The molecule has 1 aromatic carbocycles. The summed E-state index contributed by atoms with van der Waals surface area (Å²) in [7, 11) is 0. The molecule has 0 aliphatic carbocycles. The van der Waals surface area contributed by atoms with Gasteiger partial charge in [-0.25, -0.2) is 4.79 Å². The third kappa shape index (κ3) is 3.03. The second-order valence-electron chi connectivity index (χ2n) is 4.10. The molecule has 1 aliphatic rings. The van der Waals surface area contributed by atoms with E-state index in [1.54, 1.807) is 11.0 Å². The fourth-order valence-corrected chi connectivity index (χ4v) is 1.96. The van der Waals surface area contributed by atoms with Crippen molar-refractivity contribution in [1.82, 2.24) is 4.90 Å². The zero-order chi connectivity index (χ0) is 12.8. The molecule has 0 aromatic heterocycles. The van der Waals surface area contributed by atoms with Gasteiger partial charge in [0.15, 0.2) is 0 Å². The van der Waals surface area contributed by atoms with Gasteiger partial charge in [0.25, 0.3) is 0 Å². The summed E-state index contributed by atoms with van der Waals surface area (Å²) in [6.45, 7) is 6.83. The summed E-state index contributed by atoms with van der Waals surface area (Å²) in [4.78, 5) is 15.6. The number of amides is 1. The summed E-state index contributed by atoms with van der Waals surface area (Å²) >= 11 is 0. The average Bonchev–Trinajstić information content (AvgIpc) is 2.46. The topological polar surface area (TPSA) is 32.8 Å². The molecule has 1 radical (unpaired) electrons. The molecular formula is C14H17N2O2. The van der Waals surface area contributed by atoms with Crippen molar-refractivity contribution in [2.45, 2.75) is 0 Å². The van der Waals surface area contributed by atoms with Crippen molar-refractivity contribution >= 4 is 11.8 Å². The third-order valence-electron chi connectivity index (χ3n) is 2.93. The van der Waals surface area contributed by atoms with Crippen LogP contribution in [0, 0.1) is 6.07 Å². The molecule has 0 atom stereocenters. The van der Waals surface area contributed by atoms with Gasteiger partial charge in [-0.15, -0.1) is 0 Å². The van der Waals surface area contributed by atoms with E-state index in [1.165, 1.54) is 5.69 Å². The predicted octanol–water partition coefficient (Wildman–Crippen LogP) is 1.93. The minimum atomic E-state index is -0.254. The molecule has 0 spiro atoms. The standard InChI is InChI=1S/C14H17N2O2/c1-2-12-18-14(17)16-10-8-15(9-11-16)13-6-4-3-5-7-13/h2,4-7H,1,8-12H2. The first-order chi connectivity index (χ1) is 8.81. The van der Waals surface area contributed by atoms with E-state index >= 15 is 0 Å². The maximum atomic E-state index is 11.6. The average molecular weight is 245 g/mol. The van der Waals surface area contributed by atoms with Crippen LogP contribution in [0.2, 0.25) is 0 Å². The number of ether oxygens (including phenoxy) is 1.